The number of carbonyl (C=O) groups excluding carboxylic acids is 1. The number of hydrogen-bond acceptors (Lipinski definition) is 4. The lowest BCUT2D eigenvalue weighted by atomic mass is 10.2. The molecule has 8 heteroatoms. The average molecular weight is 300 g/mol. The van der Waals surface area contributed by atoms with Gasteiger partial charge in [0, 0.05) is 18.8 Å². The molecule has 0 aromatic carbocycles. The van der Waals surface area contributed by atoms with Gasteiger partial charge >= 0.3 is 6.18 Å². The highest BCUT2D eigenvalue weighted by atomic mass is 19.4. The second-order valence-corrected chi connectivity index (χ2v) is 4.07. The summed E-state index contributed by atoms with van der Waals surface area (Å²) in [6.07, 6.45) is -1.75. The normalized spacial score (nSPS) is 11.2. The fourth-order valence-corrected chi connectivity index (χ4v) is 1.47. The number of amides is 1. The number of nitrogens with one attached hydrogen (secondary N) is 1. The van der Waals surface area contributed by atoms with Crippen molar-refractivity contribution in [2.24, 2.45) is 0 Å². The van der Waals surface area contributed by atoms with E-state index in [0.29, 0.717) is 5.56 Å². The van der Waals surface area contributed by atoms with Crippen LogP contribution in [0.1, 0.15) is 16.1 Å². The maximum Gasteiger partial charge on any atom is 0.422 e. The van der Waals surface area contributed by atoms with Crippen molar-refractivity contribution < 1.29 is 27.1 Å². The Morgan fingerprint density at radius 1 is 1.38 bits per heavy atom. The van der Waals surface area contributed by atoms with Crippen LogP contribution >= 0.6 is 0 Å². The van der Waals surface area contributed by atoms with Gasteiger partial charge in [-0.2, -0.15) is 13.2 Å². The maximum atomic E-state index is 12.0. The molecule has 2 rings (SSSR count). The smallest absolute Gasteiger partial charge is 0.422 e. The lowest BCUT2D eigenvalue weighted by Gasteiger charge is -2.09. The summed E-state index contributed by atoms with van der Waals surface area (Å²) in [5.74, 6) is -0.427. The number of furan rings is 1. The molecule has 0 bridgehead atoms. The number of nitrogens with zero attached hydrogens (tertiary/aromatic N) is 1. The van der Waals surface area contributed by atoms with E-state index in [4.69, 9.17) is 4.42 Å². The van der Waals surface area contributed by atoms with Gasteiger partial charge in [0.05, 0.1) is 6.26 Å². The molecule has 1 amide bonds. The van der Waals surface area contributed by atoms with Gasteiger partial charge in [-0.3, -0.25) is 4.79 Å². The first kappa shape index (κ1) is 14.9. The standard InChI is InChI=1S/C13H11F3N2O3/c14-13(15,16)8-21-11-6-9(3-4-17-11)7-18-12(19)10-2-1-5-20-10/h1-6H,7-8H2,(H,18,19). The Balaban J connectivity index is 1.90. The second-order valence-electron chi connectivity index (χ2n) is 4.07. The largest absolute Gasteiger partial charge is 0.468 e. The molecular weight excluding hydrogens is 289 g/mol. The van der Waals surface area contributed by atoms with Crippen LogP contribution in [-0.2, 0) is 6.54 Å². The first-order chi connectivity index (χ1) is 9.94. The Bertz CT molecular complexity index is 597. The Kier molecular flexibility index (Phi) is 4.46. The zero-order valence-electron chi connectivity index (χ0n) is 10.7. The van der Waals surface area contributed by atoms with Gasteiger partial charge in [0.15, 0.2) is 12.4 Å². The molecule has 0 radical (unpaired) electrons. The van der Waals surface area contributed by atoms with Crippen LogP contribution in [0.3, 0.4) is 0 Å². The van der Waals surface area contributed by atoms with E-state index in [-0.39, 0.29) is 18.2 Å². The molecule has 0 aliphatic rings. The van der Waals surface area contributed by atoms with Gasteiger partial charge in [-0.05, 0) is 23.8 Å². The SMILES string of the molecule is O=C(NCc1ccnc(OCC(F)(F)F)c1)c1ccco1. The highest BCUT2D eigenvalue weighted by Gasteiger charge is 2.28. The summed E-state index contributed by atoms with van der Waals surface area (Å²) in [6.45, 7) is -1.30. The molecule has 2 aromatic heterocycles. The van der Waals surface area contributed by atoms with E-state index in [2.05, 4.69) is 15.0 Å². The minimum Gasteiger partial charge on any atom is -0.468 e. The van der Waals surface area contributed by atoms with Crippen molar-refractivity contribution in [2.45, 2.75) is 12.7 Å². The van der Waals surface area contributed by atoms with Crippen LogP contribution in [0, 0.1) is 0 Å². The van der Waals surface area contributed by atoms with Crippen molar-refractivity contribution >= 4 is 5.91 Å². The molecular formula is C13H11F3N2O3. The molecule has 0 fully saturated rings. The topological polar surface area (TPSA) is 64.4 Å². The Labute approximate surface area is 117 Å². The number of rotatable bonds is 5. The zero-order valence-corrected chi connectivity index (χ0v) is 10.7. The van der Waals surface area contributed by atoms with Crippen LogP contribution in [0.5, 0.6) is 5.88 Å². The number of pyridine rings is 1. The summed E-state index contributed by atoms with van der Waals surface area (Å²) >= 11 is 0. The third-order valence-corrected chi connectivity index (χ3v) is 2.38. The molecule has 0 saturated heterocycles. The Morgan fingerprint density at radius 3 is 2.86 bits per heavy atom. The fourth-order valence-electron chi connectivity index (χ4n) is 1.47. The van der Waals surface area contributed by atoms with Crippen molar-refractivity contribution in [1.82, 2.24) is 10.3 Å². The summed E-state index contributed by atoms with van der Waals surface area (Å²) < 4.78 is 45.5. The lowest BCUT2D eigenvalue weighted by molar-refractivity contribution is -0.154. The summed E-state index contributed by atoms with van der Waals surface area (Å²) in [4.78, 5) is 15.3. The molecule has 0 unspecified atom stereocenters. The predicted molar refractivity (Wildman–Crippen MR) is 65.7 cm³/mol. The van der Waals surface area contributed by atoms with E-state index in [1.165, 1.54) is 24.6 Å². The van der Waals surface area contributed by atoms with Crippen molar-refractivity contribution in [1.29, 1.82) is 0 Å². The minimum atomic E-state index is -4.43. The Morgan fingerprint density at radius 2 is 2.19 bits per heavy atom. The highest BCUT2D eigenvalue weighted by Crippen LogP contribution is 2.17. The monoisotopic (exact) mass is 300 g/mol. The van der Waals surface area contributed by atoms with Crippen LogP contribution in [-0.4, -0.2) is 23.7 Å². The number of carbonyl (C=O) groups is 1. The Hall–Kier alpha value is -2.51. The average Bonchev–Trinajstić information content (AvgIpc) is 2.96. The van der Waals surface area contributed by atoms with Gasteiger partial charge in [0.25, 0.3) is 5.91 Å². The molecule has 112 valence electrons. The van der Waals surface area contributed by atoms with Crippen LogP contribution in [0.25, 0.3) is 0 Å². The van der Waals surface area contributed by atoms with Gasteiger partial charge < -0.3 is 14.5 Å². The summed E-state index contributed by atoms with van der Waals surface area (Å²) in [5, 5.41) is 2.56. The number of halogens is 3. The van der Waals surface area contributed by atoms with E-state index in [1.807, 2.05) is 0 Å². The van der Waals surface area contributed by atoms with Gasteiger partial charge in [0.1, 0.15) is 0 Å². The van der Waals surface area contributed by atoms with E-state index in [9.17, 15) is 18.0 Å². The fraction of sp³-hybridized carbons (Fsp3) is 0.231. The van der Waals surface area contributed by atoms with Crippen LogP contribution in [0.4, 0.5) is 13.2 Å². The van der Waals surface area contributed by atoms with Gasteiger partial charge in [-0.25, -0.2) is 4.98 Å². The quantitative estimate of drug-likeness (QED) is 0.921. The zero-order chi connectivity index (χ0) is 15.3. The van der Waals surface area contributed by atoms with Gasteiger partial charge in [-0.1, -0.05) is 0 Å². The molecule has 2 aromatic rings. The molecule has 21 heavy (non-hydrogen) atoms. The third kappa shape index (κ3) is 4.83. The molecule has 1 N–H and O–H groups in total. The summed E-state index contributed by atoms with van der Waals surface area (Å²) in [6, 6.07) is 5.96. The molecule has 2 heterocycles. The van der Waals surface area contributed by atoms with E-state index in [1.54, 1.807) is 12.1 Å². The molecule has 0 atom stereocenters. The third-order valence-electron chi connectivity index (χ3n) is 2.38. The first-order valence-electron chi connectivity index (χ1n) is 5.90. The molecule has 0 saturated carbocycles. The van der Waals surface area contributed by atoms with Gasteiger partial charge in [0.2, 0.25) is 5.88 Å². The van der Waals surface area contributed by atoms with Crippen LogP contribution in [0.15, 0.2) is 41.1 Å². The van der Waals surface area contributed by atoms with E-state index < -0.39 is 18.7 Å². The van der Waals surface area contributed by atoms with Crippen molar-refractivity contribution in [2.75, 3.05) is 6.61 Å². The number of aromatic nitrogens is 1. The maximum absolute atomic E-state index is 12.0. The van der Waals surface area contributed by atoms with Gasteiger partial charge in [-0.15, -0.1) is 0 Å². The number of hydrogen-bond donors (Lipinski definition) is 1. The molecule has 5 nitrogen and oxygen atoms in total. The van der Waals surface area contributed by atoms with Crippen LogP contribution in [0.2, 0.25) is 0 Å². The van der Waals surface area contributed by atoms with Crippen molar-refractivity contribution in [3.63, 3.8) is 0 Å². The number of ether oxygens (including phenoxy) is 1. The summed E-state index contributed by atoms with van der Waals surface area (Å²) in [7, 11) is 0. The van der Waals surface area contributed by atoms with Crippen LogP contribution < -0.4 is 10.1 Å². The minimum absolute atomic E-state index is 0.116. The molecule has 0 aliphatic carbocycles. The predicted octanol–water partition coefficient (Wildman–Crippen LogP) is 2.55. The van der Waals surface area contributed by atoms with Crippen molar-refractivity contribution in [3.8, 4) is 5.88 Å². The van der Waals surface area contributed by atoms with Crippen molar-refractivity contribution in [3.05, 3.63) is 48.0 Å². The molecule has 0 aliphatic heterocycles. The number of alkyl halides is 3. The van der Waals surface area contributed by atoms with E-state index in [0.717, 1.165) is 0 Å². The highest BCUT2D eigenvalue weighted by molar-refractivity contribution is 5.91. The van der Waals surface area contributed by atoms with E-state index >= 15 is 0 Å². The molecule has 0 spiro atoms. The summed E-state index contributed by atoms with van der Waals surface area (Å²) in [5.41, 5.74) is 0.557. The first-order valence-corrected chi connectivity index (χ1v) is 5.90. The second kappa shape index (κ2) is 6.29. The lowest BCUT2D eigenvalue weighted by Crippen LogP contribution is -2.22.